The summed E-state index contributed by atoms with van der Waals surface area (Å²) >= 11 is 0. The molecule has 8 heteroatoms. The Labute approximate surface area is 169 Å². The van der Waals surface area contributed by atoms with Gasteiger partial charge in [0.1, 0.15) is 0 Å². The van der Waals surface area contributed by atoms with E-state index in [0.717, 1.165) is 48.3 Å². The summed E-state index contributed by atoms with van der Waals surface area (Å²) in [7, 11) is 2.45. The van der Waals surface area contributed by atoms with Gasteiger partial charge in [-0.2, -0.15) is 0 Å². The molecular weight excluding hydrogens is 376 g/mol. The molecule has 0 fully saturated rings. The molecule has 29 heavy (non-hydrogen) atoms. The minimum absolute atomic E-state index is 0.467. The molecule has 8 nitrogen and oxygen atoms in total. The van der Waals surface area contributed by atoms with Gasteiger partial charge in [0, 0.05) is 35.7 Å². The fourth-order valence-corrected chi connectivity index (χ4v) is 2.35. The normalized spacial score (nSPS) is 10.8. The highest BCUT2D eigenvalue weighted by molar-refractivity contribution is 6.05. The van der Waals surface area contributed by atoms with E-state index in [4.69, 9.17) is 0 Å². The van der Waals surface area contributed by atoms with Gasteiger partial charge in [0.25, 0.3) is 0 Å². The van der Waals surface area contributed by atoms with Gasteiger partial charge in [-0.15, -0.1) is 0 Å². The number of nitrogens with one attached hydrogen (secondary N) is 2. The lowest BCUT2D eigenvalue weighted by Crippen LogP contribution is -2.14. The van der Waals surface area contributed by atoms with Crippen molar-refractivity contribution in [3.63, 3.8) is 0 Å². The first-order valence-corrected chi connectivity index (χ1v) is 9.08. The number of benzene rings is 1. The van der Waals surface area contributed by atoms with E-state index < -0.39 is 23.8 Å². The zero-order chi connectivity index (χ0) is 21.8. The molecule has 1 aromatic rings. The topological polar surface area (TPSA) is 111 Å². The first kappa shape index (κ1) is 23.6. The molecule has 156 valence electrons. The van der Waals surface area contributed by atoms with Gasteiger partial charge < -0.3 is 20.1 Å². The molecule has 0 saturated carbocycles. The molecule has 2 N–H and O–H groups in total. The van der Waals surface area contributed by atoms with Crippen LogP contribution in [0.4, 0.5) is 11.4 Å². The van der Waals surface area contributed by atoms with Crippen molar-refractivity contribution in [3.05, 3.63) is 47.6 Å². The van der Waals surface area contributed by atoms with Crippen molar-refractivity contribution in [2.75, 3.05) is 24.9 Å². The molecule has 0 heterocycles. The van der Waals surface area contributed by atoms with E-state index in [9.17, 15) is 19.2 Å². The smallest absolute Gasteiger partial charge is 0.330 e. The Morgan fingerprint density at radius 3 is 1.86 bits per heavy atom. The highest BCUT2D eigenvalue weighted by Gasteiger charge is 2.11. The number of ether oxygens (including phenoxy) is 2. The average Bonchev–Trinajstić information content (AvgIpc) is 2.70. The lowest BCUT2D eigenvalue weighted by molar-refractivity contribution is -0.135. The summed E-state index contributed by atoms with van der Waals surface area (Å²) in [5.41, 5.74) is 2.72. The number of esters is 2. The van der Waals surface area contributed by atoms with Crippen LogP contribution in [0.3, 0.4) is 0 Å². The number of unbranched alkanes of at least 4 members (excludes halogenated alkanes) is 1. The van der Waals surface area contributed by atoms with Crippen LogP contribution >= 0.6 is 0 Å². The first-order chi connectivity index (χ1) is 13.8. The van der Waals surface area contributed by atoms with E-state index in [1.165, 1.54) is 14.2 Å². The number of aryl methyl sites for hydroxylation is 2. The van der Waals surface area contributed by atoms with Gasteiger partial charge in [-0.3, -0.25) is 9.59 Å². The molecule has 1 aromatic carbocycles. The van der Waals surface area contributed by atoms with E-state index in [-0.39, 0.29) is 0 Å². The molecule has 0 saturated heterocycles. The molecule has 0 atom stereocenters. The van der Waals surface area contributed by atoms with E-state index >= 15 is 0 Å². The monoisotopic (exact) mass is 402 g/mol. The Kier molecular flexibility index (Phi) is 9.87. The minimum Gasteiger partial charge on any atom is -0.466 e. The second-order valence-corrected chi connectivity index (χ2v) is 6.12. The predicted molar refractivity (Wildman–Crippen MR) is 109 cm³/mol. The second kappa shape index (κ2) is 12.1. The van der Waals surface area contributed by atoms with Gasteiger partial charge in [-0.05, 0) is 43.0 Å². The van der Waals surface area contributed by atoms with Crippen molar-refractivity contribution in [1.29, 1.82) is 0 Å². The van der Waals surface area contributed by atoms with Crippen LogP contribution in [0, 0.1) is 6.92 Å². The predicted octanol–water partition coefficient (Wildman–Crippen LogP) is 2.67. The van der Waals surface area contributed by atoms with Crippen molar-refractivity contribution in [3.8, 4) is 0 Å². The van der Waals surface area contributed by atoms with Gasteiger partial charge in [0.15, 0.2) is 0 Å². The molecule has 0 aromatic heterocycles. The van der Waals surface area contributed by atoms with Crippen LogP contribution in [0.2, 0.25) is 0 Å². The molecule has 0 spiro atoms. The van der Waals surface area contributed by atoms with E-state index in [1.54, 1.807) is 19.1 Å². The lowest BCUT2D eigenvalue weighted by Gasteiger charge is -2.15. The summed E-state index contributed by atoms with van der Waals surface area (Å²) in [5.74, 6) is -2.19. The molecule has 0 aliphatic rings. The highest BCUT2D eigenvalue weighted by Crippen LogP contribution is 2.27. The molecule has 0 unspecified atom stereocenters. The zero-order valence-corrected chi connectivity index (χ0v) is 17.0. The summed E-state index contributed by atoms with van der Waals surface area (Å²) < 4.78 is 8.91. The van der Waals surface area contributed by atoms with Crippen LogP contribution in [0.25, 0.3) is 0 Å². The van der Waals surface area contributed by atoms with E-state index in [2.05, 4.69) is 20.1 Å². The Bertz CT molecular complexity index is 827. The molecule has 1 rings (SSSR count). The van der Waals surface area contributed by atoms with Gasteiger partial charge in [-0.1, -0.05) is 13.3 Å². The maximum absolute atomic E-state index is 12.1. The number of hydrogen-bond acceptors (Lipinski definition) is 6. The third-order valence-electron chi connectivity index (χ3n) is 3.91. The molecule has 0 bridgehead atoms. The van der Waals surface area contributed by atoms with Crippen molar-refractivity contribution in [2.45, 2.75) is 33.1 Å². The molecule has 0 radical (unpaired) electrons. The Balaban J connectivity index is 3.05. The number of carbonyl (C=O) groups excluding carboxylic acids is 4. The fourth-order valence-electron chi connectivity index (χ4n) is 2.35. The SMILES string of the molecule is CCCCc1cc(NC(=O)/C=C\C(=O)OC)c(C)cc1NC(=O)/C=C\C(=O)OC. The van der Waals surface area contributed by atoms with Crippen LogP contribution < -0.4 is 10.6 Å². The summed E-state index contributed by atoms with van der Waals surface area (Å²) in [6.45, 7) is 3.83. The Morgan fingerprint density at radius 1 is 0.862 bits per heavy atom. The summed E-state index contributed by atoms with van der Waals surface area (Å²) in [6, 6.07) is 3.53. The quantitative estimate of drug-likeness (QED) is 0.485. The standard InChI is InChI=1S/C21H26N2O6/c1-5-6-7-15-13-16(22-18(24)8-10-20(26)28-3)14(2)12-17(15)23-19(25)9-11-21(27)29-4/h8-13H,5-7H2,1-4H3,(H,22,24)(H,23,25)/b10-8-,11-9-. The number of amides is 2. The van der Waals surface area contributed by atoms with Crippen LogP contribution in [0.15, 0.2) is 36.4 Å². The van der Waals surface area contributed by atoms with Gasteiger partial charge >= 0.3 is 11.9 Å². The lowest BCUT2D eigenvalue weighted by atomic mass is 10.0. The van der Waals surface area contributed by atoms with Gasteiger partial charge in [0.2, 0.25) is 11.8 Å². The third kappa shape index (κ3) is 8.42. The fraction of sp³-hybridized carbons (Fsp3) is 0.333. The third-order valence-corrected chi connectivity index (χ3v) is 3.91. The Hall–Kier alpha value is -3.42. The average molecular weight is 402 g/mol. The molecule has 2 amide bonds. The summed E-state index contributed by atoms with van der Waals surface area (Å²) in [6.07, 6.45) is 6.78. The van der Waals surface area contributed by atoms with Gasteiger partial charge in [-0.25, -0.2) is 9.59 Å². The van der Waals surface area contributed by atoms with Crippen molar-refractivity contribution >= 4 is 35.1 Å². The van der Waals surface area contributed by atoms with Crippen LogP contribution in [0.1, 0.15) is 30.9 Å². The number of hydrogen-bond donors (Lipinski definition) is 2. The highest BCUT2D eigenvalue weighted by atomic mass is 16.5. The number of rotatable bonds is 9. The molecular formula is C21H26N2O6. The minimum atomic E-state index is -0.626. The summed E-state index contributed by atoms with van der Waals surface area (Å²) in [4.78, 5) is 46.3. The zero-order valence-electron chi connectivity index (χ0n) is 17.0. The maximum atomic E-state index is 12.1. The number of methoxy groups -OCH3 is 2. The Morgan fingerprint density at radius 2 is 1.38 bits per heavy atom. The van der Waals surface area contributed by atoms with E-state index in [0.29, 0.717) is 17.8 Å². The molecule has 0 aliphatic heterocycles. The van der Waals surface area contributed by atoms with Crippen LogP contribution in [-0.2, 0) is 35.1 Å². The molecule has 0 aliphatic carbocycles. The van der Waals surface area contributed by atoms with Crippen molar-refractivity contribution in [1.82, 2.24) is 0 Å². The summed E-state index contributed by atoms with van der Waals surface area (Å²) in [5, 5.41) is 5.46. The van der Waals surface area contributed by atoms with Crippen molar-refractivity contribution in [2.24, 2.45) is 0 Å². The largest absolute Gasteiger partial charge is 0.466 e. The maximum Gasteiger partial charge on any atom is 0.330 e. The van der Waals surface area contributed by atoms with Gasteiger partial charge in [0.05, 0.1) is 14.2 Å². The van der Waals surface area contributed by atoms with Crippen LogP contribution in [-0.4, -0.2) is 38.0 Å². The first-order valence-electron chi connectivity index (χ1n) is 9.08. The van der Waals surface area contributed by atoms with Crippen LogP contribution in [0.5, 0.6) is 0 Å². The number of anilines is 2. The second-order valence-electron chi connectivity index (χ2n) is 6.12. The van der Waals surface area contributed by atoms with Crippen molar-refractivity contribution < 1.29 is 28.7 Å². The number of carbonyl (C=O) groups is 4. The van der Waals surface area contributed by atoms with E-state index in [1.807, 2.05) is 6.92 Å².